The SMILES string of the molecule is CC(=O)O.NC(Cc1ccc(F)cc1)(C(=O)O)c1ccccc1. The number of hydrogen-bond acceptors (Lipinski definition) is 3. The molecule has 0 heterocycles. The van der Waals surface area contributed by atoms with Gasteiger partial charge in [0.25, 0.3) is 5.97 Å². The summed E-state index contributed by atoms with van der Waals surface area (Å²) in [5.74, 6) is -2.30. The zero-order valence-corrected chi connectivity index (χ0v) is 12.6. The predicted molar refractivity (Wildman–Crippen MR) is 83.4 cm³/mol. The highest BCUT2D eigenvalue weighted by atomic mass is 19.1. The molecule has 0 amide bonds. The van der Waals surface area contributed by atoms with E-state index in [2.05, 4.69) is 0 Å². The number of rotatable bonds is 4. The lowest BCUT2D eigenvalue weighted by atomic mass is 9.85. The van der Waals surface area contributed by atoms with E-state index in [1.165, 1.54) is 12.1 Å². The molecule has 0 fully saturated rings. The van der Waals surface area contributed by atoms with Crippen LogP contribution in [-0.2, 0) is 21.5 Å². The van der Waals surface area contributed by atoms with Gasteiger partial charge in [-0.1, -0.05) is 42.5 Å². The quantitative estimate of drug-likeness (QED) is 0.803. The molecule has 4 N–H and O–H groups in total. The van der Waals surface area contributed by atoms with Crippen molar-refractivity contribution in [1.29, 1.82) is 0 Å². The first-order valence-electron chi connectivity index (χ1n) is 6.77. The Balaban J connectivity index is 0.000000593. The molecule has 0 aliphatic carbocycles. The van der Waals surface area contributed by atoms with Crippen molar-refractivity contribution in [2.45, 2.75) is 18.9 Å². The van der Waals surface area contributed by atoms with Crippen LogP contribution in [0, 0.1) is 5.82 Å². The Morgan fingerprint density at radius 1 is 1.04 bits per heavy atom. The number of aliphatic carboxylic acids is 2. The molecule has 0 saturated carbocycles. The van der Waals surface area contributed by atoms with Crippen LogP contribution in [0.2, 0.25) is 0 Å². The standard InChI is InChI=1S/C15H14FNO2.C2H4O2/c16-13-8-6-11(7-9-13)10-15(17,14(18)19)12-4-2-1-3-5-12;1-2(3)4/h1-9H,10,17H2,(H,18,19);1H3,(H,3,4). The van der Waals surface area contributed by atoms with Crippen LogP contribution in [0.5, 0.6) is 0 Å². The summed E-state index contributed by atoms with van der Waals surface area (Å²) in [6.45, 7) is 1.08. The average molecular weight is 319 g/mol. The largest absolute Gasteiger partial charge is 0.481 e. The molecular formula is C17H18FNO4. The van der Waals surface area contributed by atoms with Gasteiger partial charge in [-0.2, -0.15) is 0 Å². The van der Waals surface area contributed by atoms with E-state index in [4.69, 9.17) is 15.6 Å². The van der Waals surface area contributed by atoms with Crippen molar-refractivity contribution in [2.75, 3.05) is 0 Å². The van der Waals surface area contributed by atoms with Gasteiger partial charge in [-0.05, 0) is 23.3 Å². The molecule has 0 aliphatic heterocycles. The Labute approximate surface area is 133 Å². The smallest absolute Gasteiger partial charge is 0.328 e. The predicted octanol–water partition coefficient (Wildman–Crippen LogP) is 2.40. The van der Waals surface area contributed by atoms with Gasteiger partial charge >= 0.3 is 5.97 Å². The maximum Gasteiger partial charge on any atom is 0.328 e. The summed E-state index contributed by atoms with van der Waals surface area (Å²) in [6, 6.07) is 14.3. The Bertz CT molecular complexity index is 654. The zero-order chi connectivity index (χ0) is 17.5. The number of nitrogens with two attached hydrogens (primary N) is 1. The molecule has 23 heavy (non-hydrogen) atoms. The van der Waals surface area contributed by atoms with Gasteiger partial charge in [0.2, 0.25) is 0 Å². The van der Waals surface area contributed by atoms with Gasteiger partial charge in [-0.3, -0.25) is 4.79 Å². The van der Waals surface area contributed by atoms with Gasteiger partial charge in [0, 0.05) is 13.3 Å². The molecular weight excluding hydrogens is 301 g/mol. The summed E-state index contributed by atoms with van der Waals surface area (Å²) in [5.41, 5.74) is 5.72. The van der Waals surface area contributed by atoms with Crippen LogP contribution >= 0.6 is 0 Å². The molecule has 2 rings (SSSR count). The first kappa shape index (κ1) is 18.3. The van der Waals surface area contributed by atoms with E-state index in [-0.39, 0.29) is 12.2 Å². The molecule has 0 aliphatic rings. The molecule has 0 radical (unpaired) electrons. The number of carboxylic acid groups (broad SMARTS) is 2. The zero-order valence-electron chi connectivity index (χ0n) is 12.6. The van der Waals surface area contributed by atoms with Crippen LogP contribution in [0.4, 0.5) is 4.39 Å². The molecule has 0 aromatic heterocycles. The fourth-order valence-electron chi connectivity index (χ4n) is 1.96. The third-order valence-electron chi connectivity index (χ3n) is 3.07. The van der Waals surface area contributed by atoms with Gasteiger partial charge in [-0.25, -0.2) is 9.18 Å². The van der Waals surface area contributed by atoms with Crippen molar-refractivity contribution >= 4 is 11.9 Å². The average Bonchev–Trinajstić information content (AvgIpc) is 2.49. The van der Waals surface area contributed by atoms with Crippen molar-refractivity contribution < 1.29 is 24.2 Å². The van der Waals surface area contributed by atoms with Crippen LogP contribution in [0.15, 0.2) is 54.6 Å². The third-order valence-corrected chi connectivity index (χ3v) is 3.07. The lowest BCUT2D eigenvalue weighted by Crippen LogP contribution is -2.46. The molecule has 122 valence electrons. The monoisotopic (exact) mass is 319 g/mol. The number of halogens is 1. The molecule has 6 heteroatoms. The van der Waals surface area contributed by atoms with E-state index >= 15 is 0 Å². The first-order valence-corrected chi connectivity index (χ1v) is 6.77. The van der Waals surface area contributed by atoms with Crippen molar-refractivity contribution in [3.05, 3.63) is 71.5 Å². The Morgan fingerprint density at radius 3 is 1.96 bits per heavy atom. The highest BCUT2D eigenvalue weighted by Gasteiger charge is 2.36. The number of carbonyl (C=O) groups is 2. The van der Waals surface area contributed by atoms with Crippen LogP contribution in [0.1, 0.15) is 18.1 Å². The minimum atomic E-state index is -1.51. The van der Waals surface area contributed by atoms with Crippen LogP contribution in [-0.4, -0.2) is 22.2 Å². The van der Waals surface area contributed by atoms with Gasteiger partial charge in [0.15, 0.2) is 0 Å². The van der Waals surface area contributed by atoms with E-state index < -0.39 is 17.5 Å². The van der Waals surface area contributed by atoms with Crippen LogP contribution in [0.25, 0.3) is 0 Å². The molecule has 0 saturated heterocycles. The molecule has 1 atom stereocenters. The van der Waals surface area contributed by atoms with Crippen molar-refractivity contribution in [1.82, 2.24) is 0 Å². The van der Waals surface area contributed by atoms with Crippen LogP contribution < -0.4 is 5.73 Å². The Hall–Kier alpha value is -2.73. The third kappa shape index (κ3) is 5.52. The summed E-state index contributed by atoms with van der Waals surface area (Å²) in [6.07, 6.45) is 0.104. The van der Waals surface area contributed by atoms with Gasteiger partial charge in [-0.15, -0.1) is 0 Å². The van der Waals surface area contributed by atoms with Gasteiger partial charge in [0.1, 0.15) is 11.4 Å². The second-order valence-electron chi connectivity index (χ2n) is 4.96. The van der Waals surface area contributed by atoms with E-state index in [0.717, 1.165) is 6.92 Å². The minimum absolute atomic E-state index is 0.104. The normalized spacial score (nSPS) is 12.5. The maximum atomic E-state index is 12.9. The molecule has 0 bridgehead atoms. The number of benzene rings is 2. The number of carboxylic acids is 2. The second kappa shape index (κ2) is 8.05. The Kier molecular flexibility index (Phi) is 6.41. The summed E-state index contributed by atoms with van der Waals surface area (Å²) in [4.78, 5) is 20.5. The summed E-state index contributed by atoms with van der Waals surface area (Å²) in [7, 11) is 0. The highest BCUT2D eigenvalue weighted by Crippen LogP contribution is 2.23. The fraction of sp³-hybridized carbons (Fsp3) is 0.176. The van der Waals surface area contributed by atoms with E-state index in [0.29, 0.717) is 11.1 Å². The van der Waals surface area contributed by atoms with Gasteiger partial charge in [0.05, 0.1) is 0 Å². The topological polar surface area (TPSA) is 101 Å². The minimum Gasteiger partial charge on any atom is -0.481 e. The van der Waals surface area contributed by atoms with Gasteiger partial charge < -0.3 is 15.9 Å². The molecule has 1 unspecified atom stereocenters. The lowest BCUT2D eigenvalue weighted by molar-refractivity contribution is -0.143. The maximum absolute atomic E-state index is 12.9. The number of hydrogen-bond donors (Lipinski definition) is 3. The van der Waals surface area contributed by atoms with E-state index in [1.807, 2.05) is 0 Å². The molecule has 5 nitrogen and oxygen atoms in total. The highest BCUT2D eigenvalue weighted by molar-refractivity contribution is 5.81. The fourth-order valence-corrected chi connectivity index (χ4v) is 1.96. The lowest BCUT2D eigenvalue weighted by Gasteiger charge is -2.25. The Morgan fingerprint density at radius 2 is 1.52 bits per heavy atom. The van der Waals surface area contributed by atoms with Crippen molar-refractivity contribution in [3.8, 4) is 0 Å². The van der Waals surface area contributed by atoms with Crippen LogP contribution in [0.3, 0.4) is 0 Å². The van der Waals surface area contributed by atoms with Crippen molar-refractivity contribution in [3.63, 3.8) is 0 Å². The van der Waals surface area contributed by atoms with E-state index in [9.17, 15) is 14.3 Å². The van der Waals surface area contributed by atoms with Crippen molar-refractivity contribution in [2.24, 2.45) is 5.73 Å². The van der Waals surface area contributed by atoms with E-state index in [1.54, 1.807) is 42.5 Å². The molecule has 2 aromatic rings. The summed E-state index contributed by atoms with van der Waals surface area (Å²) >= 11 is 0. The summed E-state index contributed by atoms with van der Waals surface area (Å²) in [5, 5.41) is 16.8. The summed E-state index contributed by atoms with van der Waals surface area (Å²) < 4.78 is 12.9. The second-order valence-corrected chi connectivity index (χ2v) is 4.96. The molecule has 0 spiro atoms. The first-order chi connectivity index (χ1) is 10.8. The molecule has 2 aromatic carbocycles.